The molecule has 1 saturated carbocycles. The molecule has 1 heterocycles. The van der Waals surface area contributed by atoms with Gasteiger partial charge in [0.25, 0.3) is 0 Å². The fourth-order valence-corrected chi connectivity index (χ4v) is 2.76. The molecule has 1 aliphatic heterocycles. The molecule has 3 nitrogen and oxygen atoms in total. The van der Waals surface area contributed by atoms with E-state index in [0.717, 1.165) is 32.2 Å². The molecule has 2 atom stereocenters. The Hall–Kier alpha value is -0.860. The van der Waals surface area contributed by atoms with Gasteiger partial charge in [0.15, 0.2) is 0 Å². The molecule has 1 aliphatic carbocycles. The van der Waals surface area contributed by atoms with E-state index < -0.39 is 5.41 Å². The summed E-state index contributed by atoms with van der Waals surface area (Å²) in [5.74, 6) is 0.671. The van der Waals surface area contributed by atoms with Crippen LogP contribution in [0.3, 0.4) is 0 Å². The highest BCUT2D eigenvalue weighted by atomic mass is 16.2. The number of hydrogen-bond acceptors (Lipinski definition) is 2. The maximum absolute atomic E-state index is 11.9. The molecule has 2 rings (SSSR count). The molecule has 1 amide bonds. The van der Waals surface area contributed by atoms with Crippen LogP contribution in [0.1, 0.15) is 39.0 Å². The minimum Gasteiger partial charge on any atom is -0.355 e. The van der Waals surface area contributed by atoms with Crippen molar-refractivity contribution >= 4 is 11.7 Å². The predicted molar refractivity (Wildman–Crippen MR) is 52.7 cm³/mol. The molecule has 0 bridgehead atoms. The SMILES string of the molecule is CC1CCC(=O)[C@@]2(CCCNC2=O)C1. The number of carbonyl (C=O) groups excluding carboxylic acids is 2. The minimum absolute atomic E-state index is 0.0136. The van der Waals surface area contributed by atoms with Gasteiger partial charge in [-0.15, -0.1) is 0 Å². The van der Waals surface area contributed by atoms with Crippen molar-refractivity contribution in [2.24, 2.45) is 11.3 Å². The first kappa shape index (κ1) is 9.69. The van der Waals surface area contributed by atoms with E-state index in [1.807, 2.05) is 0 Å². The second kappa shape index (κ2) is 3.37. The Bertz CT molecular complexity index is 264. The summed E-state index contributed by atoms with van der Waals surface area (Å²) in [4.78, 5) is 23.7. The summed E-state index contributed by atoms with van der Waals surface area (Å²) in [5.41, 5.74) is -0.643. The summed E-state index contributed by atoms with van der Waals surface area (Å²) < 4.78 is 0. The number of ketones is 1. The van der Waals surface area contributed by atoms with Gasteiger partial charge < -0.3 is 5.32 Å². The monoisotopic (exact) mass is 195 g/mol. The molecule has 0 aromatic heterocycles. The molecule has 1 saturated heterocycles. The third-order valence-corrected chi connectivity index (χ3v) is 3.60. The number of hydrogen-bond donors (Lipinski definition) is 1. The van der Waals surface area contributed by atoms with Crippen LogP contribution < -0.4 is 5.32 Å². The number of piperidine rings is 1. The smallest absolute Gasteiger partial charge is 0.233 e. The Labute approximate surface area is 84.2 Å². The third-order valence-electron chi connectivity index (χ3n) is 3.60. The van der Waals surface area contributed by atoms with E-state index in [2.05, 4.69) is 12.2 Å². The van der Waals surface area contributed by atoms with Gasteiger partial charge in [-0.05, 0) is 31.6 Å². The molecule has 1 N–H and O–H groups in total. The van der Waals surface area contributed by atoms with E-state index in [1.54, 1.807) is 0 Å². The van der Waals surface area contributed by atoms with Crippen molar-refractivity contribution in [3.63, 3.8) is 0 Å². The summed E-state index contributed by atoms with van der Waals surface area (Å²) >= 11 is 0. The fourth-order valence-electron chi connectivity index (χ4n) is 2.76. The van der Waals surface area contributed by atoms with Crippen molar-refractivity contribution in [3.8, 4) is 0 Å². The predicted octanol–water partition coefficient (Wildman–Crippen LogP) is 1.27. The third kappa shape index (κ3) is 1.35. The van der Waals surface area contributed by atoms with Gasteiger partial charge in [0.1, 0.15) is 11.2 Å². The Balaban J connectivity index is 2.25. The topological polar surface area (TPSA) is 46.2 Å². The zero-order chi connectivity index (χ0) is 10.2. The van der Waals surface area contributed by atoms with Crippen molar-refractivity contribution in [2.75, 3.05) is 6.54 Å². The number of rotatable bonds is 0. The molecular weight excluding hydrogens is 178 g/mol. The highest BCUT2D eigenvalue weighted by Gasteiger charge is 2.49. The summed E-state index contributed by atoms with van der Waals surface area (Å²) in [6.45, 7) is 2.87. The van der Waals surface area contributed by atoms with Gasteiger partial charge in [0, 0.05) is 13.0 Å². The molecule has 0 radical (unpaired) electrons. The average molecular weight is 195 g/mol. The Morgan fingerprint density at radius 1 is 1.43 bits per heavy atom. The first-order chi connectivity index (χ1) is 6.65. The lowest BCUT2D eigenvalue weighted by molar-refractivity contribution is -0.148. The van der Waals surface area contributed by atoms with Crippen LogP contribution >= 0.6 is 0 Å². The second-order valence-electron chi connectivity index (χ2n) is 4.71. The molecular formula is C11H17NO2. The van der Waals surface area contributed by atoms with Gasteiger partial charge in [-0.3, -0.25) is 9.59 Å². The standard InChI is InChI=1S/C11H17NO2/c1-8-3-4-9(13)11(7-8)5-2-6-12-10(11)14/h8H,2-7H2,1H3,(H,12,14)/t8?,11-/m1/s1. The van der Waals surface area contributed by atoms with E-state index in [0.29, 0.717) is 12.3 Å². The van der Waals surface area contributed by atoms with Crippen molar-refractivity contribution < 1.29 is 9.59 Å². The van der Waals surface area contributed by atoms with Crippen LogP contribution in [0, 0.1) is 11.3 Å². The molecule has 2 fully saturated rings. The maximum atomic E-state index is 11.9. The van der Waals surface area contributed by atoms with E-state index in [-0.39, 0.29) is 11.7 Å². The fraction of sp³-hybridized carbons (Fsp3) is 0.818. The molecule has 3 heteroatoms. The normalized spacial score (nSPS) is 38.5. The van der Waals surface area contributed by atoms with Crippen LogP contribution in [0.15, 0.2) is 0 Å². The Morgan fingerprint density at radius 3 is 2.93 bits per heavy atom. The maximum Gasteiger partial charge on any atom is 0.233 e. The largest absolute Gasteiger partial charge is 0.355 e. The van der Waals surface area contributed by atoms with Crippen molar-refractivity contribution in [1.82, 2.24) is 5.32 Å². The van der Waals surface area contributed by atoms with Crippen LogP contribution in [0.2, 0.25) is 0 Å². The molecule has 1 unspecified atom stereocenters. The summed E-state index contributed by atoms with van der Waals surface area (Å²) in [7, 11) is 0. The second-order valence-corrected chi connectivity index (χ2v) is 4.71. The number of carbonyl (C=O) groups is 2. The van der Waals surface area contributed by atoms with Gasteiger partial charge in [-0.1, -0.05) is 6.92 Å². The van der Waals surface area contributed by atoms with Gasteiger partial charge >= 0.3 is 0 Å². The van der Waals surface area contributed by atoms with E-state index in [9.17, 15) is 9.59 Å². The first-order valence-corrected chi connectivity index (χ1v) is 5.47. The lowest BCUT2D eigenvalue weighted by Gasteiger charge is -2.39. The van der Waals surface area contributed by atoms with Gasteiger partial charge in [0.05, 0.1) is 0 Å². The molecule has 0 aromatic rings. The van der Waals surface area contributed by atoms with E-state index >= 15 is 0 Å². The summed E-state index contributed by atoms with van der Waals surface area (Å²) in [6.07, 6.45) is 4.02. The zero-order valence-corrected chi connectivity index (χ0v) is 8.64. The van der Waals surface area contributed by atoms with Gasteiger partial charge in [0.2, 0.25) is 5.91 Å². The number of nitrogens with one attached hydrogen (secondary N) is 1. The summed E-state index contributed by atoms with van der Waals surface area (Å²) in [5, 5.41) is 2.83. The van der Waals surface area contributed by atoms with Crippen molar-refractivity contribution in [3.05, 3.63) is 0 Å². The van der Waals surface area contributed by atoms with Crippen molar-refractivity contribution in [1.29, 1.82) is 0 Å². The minimum atomic E-state index is -0.643. The molecule has 2 aliphatic rings. The van der Waals surface area contributed by atoms with Crippen LogP contribution in [0.25, 0.3) is 0 Å². The van der Waals surface area contributed by atoms with Crippen LogP contribution in [-0.2, 0) is 9.59 Å². The van der Waals surface area contributed by atoms with Gasteiger partial charge in [-0.2, -0.15) is 0 Å². The van der Waals surface area contributed by atoms with E-state index in [1.165, 1.54) is 0 Å². The van der Waals surface area contributed by atoms with Crippen molar-refractivity contribution in [2.45, 2.75) is 39.0 Å². The Morgan fingerprint density at radius 2 is 2.21 bits per heavy atom. The first-order valence-electron chi connectivity index (χ1n) is 5.47. The number of Topliss-reactive ketones (excluding diaryl/α,β-unsaturated/α-hetero) is 1. The zero-order valence-electron chi connectivity index (χ0n) is 8.64. The summed E-state index contributed by atoms with van der Waals surface area (Å²) in [6, 6.07) is 0. The molecule has 78 valence electrons. The quantitative estimate of drug-likeness (QED) is 0.592. The van der Waals surface area contributed by atoms with Crippen LogP contribution in [-0.4, -0.2) is 18.2 Å². The number of amides is 1. The highest BCUT2D eigenvalue weighted by molar-refractivity contribution is 6.06. The molecule has 0 aromatic carbocycles. The molecule has 1 spiro atoms. The lowest BCUT2D eigenvalue weighted by Crippen LogP contribution is -2.53. The lowest BCUT2D eigenvalue weighted by atomic mass is 9.65. The van der Waals surface area contributed by atoms with Crippen LogP contribution in [0.4, 0.5) is 0 Å². The van der Waals surface area contributed by atoms with Gasteiger partial charge in [-0.25, -0.2) is 0 Å². The Kier molecular flexibility index (Phi) is 2.33. The van der Waals surface area contributed by atoms with Crippen LogP contribution in [0.5, 0.6) is 0 Å². The average Bonchev–Trinajstić information content (AvgIpc) is 2.17. The highest BCUT2D eigenvalue weighted by Crippen LogP contribution is 2.41. The molecule has 14 heavy (non-hydrogen) atoms. The van der Waals surface area contributed by atoms with E-state index in [4.69, 9.17) is 0 Å².